The van der Waals surface area contributed by atoms with Crippen molar-refractivity contribution in [2.24, 2.45) is 0 Å². The van der Waals surface area contributed by atoms with Gasteiger partial charge < -0.3 is 60.7 Å². The first-order valence-electron chi connectivity index (χ1n) is 13.2. The molecular weight excluding hydrogens is 494 g/mol. The molecule has 3 aliphatic rings. The van der Waals surface area contributed by atoms with Gasteiger partial charge in [-0.05, 0) is 25.7 Å². The van der Waals surface area contributed by atoms with Gasteiger partial charge in [-0.2, -0.15) is 0 Å². The number of aliphatic hydroxyl groups excluding tert-OH is 8. The highest BCUT2D eigenvalue weighted by atomic mass is 16.7. The van der Waals surface area contributed by atoms with Gasteiger partial charge in [0.15, 0.2) is 12.4 Å². The smallest absolute Gasteiger partial charge is 0.335 e. The van der Waals surface area contributed by atoms with Crippen molar-refractivity contribution in [1.29, 1.82) is 0 Å². The molecule has 0 bridgehead atoms. The van der Waals surface area contributed by atoms with Crippen LogP contribution in [0.25, 0.3) is 0 Å². The minimum atomic E-state index is -2.39. The number of aliphatic hydroxyl groups is 8. The summed E-state index contributed by atoms with van der Waals surface area (Å²) in [6.07, 6.45) is -2.37. The number of nitrogens with one attached hydrogen (secondary N) is 1. The van der Waals surface area contributed by atoms with E-state index in [4.69, 9.17) is 24.8 Å². The Morgan fingerprint density at radius 1 is 0.838 bits per heavy atom. The summed E-state index contributed by atoms with van der Waals surface area (Å²) in [5.41, 5.74) is 0. The summed E-state index contributed by atoms with van der Waals surface area (Å²) in [4.78, 5) is 10.7. The lowest BCUT2D eigenvalue weighted by Gasteiger charge is -2.42. The van der Waals surface area contributed by atoms with Gasteiger partial charge in [0.1, 0.15) is 42.7 Å². The lowest BCUT2D eigenvalue weighted by molar-refractivity contribution is -0.326. The second-order valence-electron chi connectivity index (χ2n) is 10.2. The fraction of sp³-hybridized carbons (Fsp3) is 0.958. The van der Waals surface area contributed by atoms with Gasteiger partial charge in [-0.3, -0.25) is 0 Å². The Bertz CT molecular complexity index is 627. The number of hydrogen-bond acceptors (Lipinski definition) is 12. The van der Waals surface area contributed by atoms with Gasteiger partial charge in [0, 0.05) is 12.1 Å². The molecule has 0 spiro atoms. The monoisotopic (exact) mass is 539 g/mol. The van der Waals surface area contributed by atoms with Gasteiger partial charge in [0.05, 0.1) is 13.2 Å². The predicted octanol–water partition coefficient (Wildman–Crippen LogP) is -2.43. The van der Waals surface area contributed by atoms with Crippen LogP contribution in [0.3, 0.4) is 0 Å². The number of carboxylic acid groups (broad SMARTS) is 1. The molecule has 13 heteroatoms. The summed E-state index contributed by atoms with van der Waals surface area (Å²) in [5, 5.41) is 88.4. The van der Waals surface area contributed by atoms with Crippen molar-refractivity contribution in [2.75, 3.05) is 13.2 Å². The van der Waals surface area contributed by atoms with Crippen LogP contribution >= 0.6 is 0 Å². The molecule has 9 atom stereocenters. The Morgan fingerprint density at radius 3 is 1.78 bits per heavy atom. The summed E-state index contributed by atoms with van der Waals surface area (Å²) in [6, 6.07) is 1.74. The van der Waals surface area contributed by atoms with E-state index in [1.807, 2.05) is 0 Å². The van der Waals surface area contributed by atoms with Crippen molar-refractivity contribution >= 4 is 5.97 Å². The van der Waals surface area contributed by atoms with E-state index >= 15 is 0 Å². The first-order chi connectivity index (χ1) is 17.6. The highest BCUT2D eigenvalue weighted by molar-refractivity contribution is 5.72. The van der Waals surface area contributed by atoms with Crippen LogP contribution < -0.4 is 5.32 Å². The molecule has 37 heavy (non-hydrogen) atoms. The Balaban J connectivity index is 0.000000308. The molecule has 3 fully saturated rings. The van der Waals surface area contributed by atoms with Gasteiger partial charge in [-0.15, -0.1) is 0 Å². The second-order valence-corrected chi connectivity index (χ2v) is 10.2. The highest BCUT2D eigenvalue weighted by Crippen LogP contribution is 2.25. The summed E-state index contributed by atoms with van der Waals surface area (Å²) in [6.45, 7) is -1.76. The maximum absolute atomic E-state index is 10.7. The van der Waals surface area contributed by atoms with Gasteiger partial charge in [0.2, 0.25) is 0 Å². The number of rotatable bonds is 10. The van der Waals surface area contributed by atoms with Crippen LogP contribution in [0.1, 0.15) is 64.2 Å². The van der Waals surface area contributed by atoms with Crippen molar-refractivity contribution in [1.82, 2.24) is 5.32 Å². The molecule has 1 aliphatic heterocycles. The third-order valence-electron chi connectivity index (χ3n) is 7.30. The van der Waals surface area contributed by atoms with Gasteiger partial charge in [-0.1, -0.05) is 38.5 Å². The van der Waals surface area contributed by atoms with Crippen molar-refractivity contribution < 1.29 is 60.2 Å². The average molecular weight is 540 g/mol. The molecule has 1 saturated heterocycles. The van der Waals surface area contributed by atoms with Crippen molar-refractivity contribution in [3.8, 4) is 0 Å². The second kappa shape index (κ2) is 16.2. The zero-order valence-electron chi connectivity index (χ0n) is 21.1. The molecule has 2 saturated carbocycles. The summed E-state index contributed by atoms with van der Waals surface area (Å²) in [5.74, 6) is -1.84. The normalized spacial score (nSPS) is 33.0. The predicted molar refractivity (Wildman–Crippen MR) is 128 cm³/mol. The maximum Gasteiger partial charge on any atom is 0.335 e. The lowest BCUT2D eigenvalue weighted by atomic mass is 9.91. The van der Waals surface area contributed by atoms with Crippen LogP contribution in [0, 0.1) is 0 Å². The van der Waals surface area contributed by atoms with Crippen LogP contribution in [0.15, 0.2) is 0 Å². The van der Waals surface area contributed by atoms with Gasteiger partial charge in [0.25, 0.3) is 0 Å². The molecule has 2 aliphatic carbocycles. The third-order valence-corrected chi connectivity index (χ3v) is 7.30. The zero-order valence-corrected chi connectivity index (χ0v) is 21.1. The van der Waals surface area contributed by atoms with E-state index in [0.717, 1.165) is 12.1 Å². The van der Waals surface area contributed by atoms with Crippen LogP contribution in [0.5, 0.6) is 0 Å². The highest BCUT2D eigenvalue weighted by Gasteiger charge is 2.47. The Kier molecular flexibility index (Phi) is 14.1. The quantitative estimate of drug-likeness (QED) is 0.139. The van der Waals surface area contributed by atoms with Crippen LogP contribution in [0.2, 0.25) is 0 Å². The largest absolute Gasteiger partial charge is 0.479 e. The summed E-state index contributed by atoms with van der Waals surface area (Å²) < 4.78 is 9.98. The molecule has 3 rings (SSSR count). The molecule has 1 heterocycles. The molecule has 0 radical (unpaired) electrons. The van der Waals surface area contributed by atoms with E-state index in [2.05, 4.69) is 5.32 Å². The molecule has 0 aromatic carbocycles. The fourth-order valence-electron chi connectivity index (χ4n) is 5.03. The Labute approximate surface area is 216 Å². The minimum absolute atomic E-state index is 0.766. The van der Waals surface area contributed by atoms with Crippen LogP contribution in [0.4, 0.5) is 0 Å². The molecule has 13 nitrogen and oxygen atoms in total. The summed E-state index contributed by atoms with van der Waals surface area (Å²) in [7, 11) is 0. The van der Waals surface area contributed by atoms with E-state index in [9.17, 15) is 35.4 Å². The van der Waals surface area contributed by atoms with E-state index in [1.54, 1.807) is 0 Å². The number of hydrogen-bond donors (Lipinski definition) is 10. The fourth-order valence-corrected chi connectivity index (χ4v) is 5.03. The zero-order chi connectivity index (χ0) is 27.5. The molecule has 0 amide bonds. The lowest BCUT2D eigenvalue weighted by Crippen LogP contribution is -2.61. The minimum Gasteiger partial charge on any atom is -0.479 e. The van der Waals surface area contributed by atoms with Gasteiger partial charge >= 0.3 is 5.97 Å². The van der Waals surface area contributed by atoms with E-state index < -0.39 is 74.3 Å². The van der Waals surface area contributed by atoms with Gasteiger partial charge in [-0.25, -0.2) is 4.79 Å². The molecule has 0 unspecified atom stereocenters. The first-order valence-corrected chi connectivity index (χ1v) is 13.2. The number of aliphatic carboxylic acids is 1. The van der Waals surface area contributed by atoms with E-state index in [-0.39, 0.29) is 0 Å². The van der Waals surface area contributed by atoms with Crippen LogP contribution in [-0.4, -0.2) is 132 Å². The first kappa shape index (κ1) is 32.2. The summed E-state index contributed by atoms with van der Waals surface area (Å²) >= 11 is 0. The maximum atomic E-state index is 10.7. The van der Waals surface area contributed by atoms with Crippen LogP contribution in [-0.2, 0) is 14.3 Å². The van der Waals surface area contributed by atoms with Crippen molar-refractivity contribution in [2.45, 2.75) is 131 Å². The van der Waals surface area contributed by atoms with Crippen molar-refractivity contribution in [3.63, 3.8) is 0 Å². The van der Waals surface area contributed by atoms with E-state index in [0.29, 0.717) is 0 Å². The van der Waals surface area contributed by atoms with E-state index in [1.165, 1.54) is 64.2 Å². The molecule has 0 aromatic heterocycles. The standard InChI is InChI=1S/C12H23N.C12H22O12/c1-3-7-11(8-4-1)13-12-9-5-2-6-10-12;13-1-3(15)10(7(18)8(19)11(21)22)24-12-9(20)6(17)5(16)4(2-14)23-12/h11-13H,1-10H2;3-10,12-20H,1-2H2,(H,21,22)/t;3-,4-,5-,6+,7-,8-,9-,10-,12-/m.1/s1. The number of carboxylic acids is 1. The topological polar surface area (TPSA) is 230 Å². The van der Waals surface area contributed by atoms with Crippen molar-refractivity contribution in [3.05, 3.63) is 0 Å². The Morgan fingerprint density at radius 2 is 1.35 bits per heavy atom. The molecule has 10 N–H and O–H groups in total. The number of carbonyl (C=O) groups is 1. The third kappa shape index (κ3) is 9.62. The number of ether oxygens (including phenoxy) is 2. The molecule has 0 aromatic rings. The SMILES string of the molecule is C1CCC(NC2CCCCC2)CC1.O=C(O)[C@H](O)[C@@H](O)[C@H](O[C@H]1O[C@H](CO)[C@@H](O)[C@H](O)[C@H]1O)[C@H](O)CO. The molecular formula is C24H45NO12. The molecule has 218 valence electrons. The average Bonchev–Trinajstić information content (AvgIpc) is 2.91. The Hall–Kier alpha value is -0.970.